The lowest BCUT2D eigenvalue weighted by Crippen LogP contribution is -2.46. The van der Waals surface area contributed by atoms with Crippen molar-refractivity contribution >= 4 is 23.5 Å². The first kappa shape index (κ1) is 19.9. The zero-order chi connectivity index (χ0) is 20.3. The molecular weight excluding hydrogens is 359 g/mol. The summed E-state index contributed by atoms with van der Waals surface area (Å²) in [6.07, 6.45) is 5.14. The molecule has 7 nitrogen and oxygen atoms in total. The van der Waals surface area contributed by atoms with Crippen LogP contribution >= 0.6 is 0 Å². The second-order valence-electron chi connectivity index (χ2n) is 7.43. The van der Waals surface area contributed by atoms with E-state index in [2.05, 4.69) is 15.3 Å². The SMILES string of the molecule is Cc1cnc(N[C@H]2CC[C@@H](N(C(N)=O)c3ccc(F)cc3)CC2)nc1N(C)C. The molecule has 1 aliphatic carbocycles. The third-order valence-corrected chi connectivity index (χ3v) is 5.11. The third kappa shape index (κ3) is 4.49. The summed E-state index contributed by atoms with van der Waals surface area (Å²) < 4.78 is 13.2. The Labute approximate surface area is 164 Å². The van der Waals surface area contributed by atoms with Crippen molar-refractivity contribution in [3.8, 4) is 0 Å². The number of carbonyl (C=O) groups excluding carboxylic acids is 1. The number of aryl methyl sites for hydroxylation is 1. The number of hydrogen-bond donors (Lipinski definition) is 2. The molecule has 3 rings (SSSR count). The van der Waals surface area contributed by atoms with Gasteiger partial charge in [0.2, 0.25) is 5.95 Å². The molecule has 1 fully saturated rings. The number of nitrogens with one attached hydrogen (secondary N) is 1. The van der Waals surface area contributed by atoms with Gasteiger partial charge in [-0.2, -0.15) is 4.98 Å². The lowest BCUT2D eigenvalue weighted by atomic mass is 9.90. The van der Waals surface area contributed by atoms with Gasteiger partial charge in [-0.05, 0) is 56.9 Å². The summed E-state index contributed by atoms with van der Waals surface area (Å²) in [5.74, 6) is 1.17. The second-order valence-corrected chi connectivity index (χ2v) is 7.43. The Morgan fingerprint density at radius 2 is 1.82 bits per heavy atom. The maximum Gasteiger partial charge on any atom is 0.319 e. The number of anilines is 3. The van der Waals surface area contributed by atoms with E-state index in [4.69, 9.17) is 5.73 Å². The molecule has 1 saturated carbocycles. The molecule has 8 heteroatoms. The molecule has 28 heavy (non-hydrogen) atoms. The zero-order valence-electron chi connectivity index (χ0n) is 16.5. The van der Waals surface area contributed by atoms with E-state index in [9.17, 15) is 9.18 Å². The van der Waals surface area contributed by atoms with Gasteiger partial charge in [0.25, 0.3) is 0 Å². The van der Waals surface area contributed by atoms with E-state index >= 15 is 0 Å². The fraction of sp³-hybridized carbons (Fsp3) is 0.450. The van der Waals surface area contributed by atoms with Crippen molar-refractivity contribution in [2.45, 2.75) is 44.7 Å². The van der Waals surface area contributed by atoms with Gasteiger partial charge in [-0.3, -0.25) is 4.90 Å². The minimum absolute atomic E-state index is 0.00252. The van der Waals surface area contributed by atoms with Crippen LogP contribution in [0, 0.1) is 12.7 Å². The fourth-order valence-electron chi connectivity index (χ4n) is 3.74. The van der Waals surface area contributed by atoms with Crippen molar-refractivity contribution < 1.29 is 9.18 Å². The van der Waals surface area contributed by atoms with Gasteiger partial charge >= 0.3 is 6.03 Å². The Hall–Kier alpha value is -2.90. The maximum absolute atomic E-state index is 13.2. The summed E-state index contributed by atoms with van der Waals surface area (Å²) in [6, 6.07) is 5.58. The number of halogens is 1. The van der Waals surface area contributed by atoms with Gasteiger partial charge in [0, 0.05) is 43.6 Å². The number of primary amides is 1. The first-order chi connectivity index (χ1) is 13.3. The third-order valence-electron chi connectivity index (χ3n) is 5.11. The normalized spacial score (nSPS) is 19.1. The molecule has 150 valence electrons. The minimum Gasteiger partial charge on any atom is -0.362 e. The minimum atomic E-state index is -0.513. The van der Waals surface area contributed by atoms with Crippen molar-refractivity contribution in [2.24, 2.45) is 5.73 Å². The van der Waals surface area contributed by atoms with Crippen LogP contribution in [-0.2, 0) is 0 Å². The van der Waals surface area contributed by atoms with Crippen molar-refractivity contribution in [3.05, 3.63) is 41.8 Å². The van der Waals surface area contributed by atoms with E-state index in [1.165, 1.54) is 12.1 Å². The zero-order valence-corrected chi connectivity index (χ0v) is 16.5. The van der Waals surface area contributed by atoms with E-state index in [0.29, 0.717) is 11.6 Å². The molecule has 1 heterocycles. The average Bonchev–Trinajstić information content (AvgIpc) is 2.66. The van der Waals surface area contributed by atoms with Crippen LogP contribution < -0.4 is 20.9 Å². The molecular formula is C20H27FN6O. The van der Waals surface area contributed by atoms with Crippen LogP contribution in [0.2, 0.25) is 0 Å². The highest BCUT2D eigenvalue weighted by Crippen LogP contribution is 2.29. The highest BCUT2D eigenvalue weighted by atomic mass is 19.1. The molecule has 0 aliphatic heterocycles. The molecule has 0 unspecified atom stereocenters. The van der Waals surface area contributed by atoms with Crippen LogP contribution in [-0.4, -0.2) is 42.2 Å². The van der Waals surface area contributed by atoms with Gasteiger partial charge in [0.15, 0.2) is 0 Å². The number of aromatic nitrogens is 2. The average molecular weight is 386 g/mol. The van der Waals surface area contributed by atoms with E-state index in [0.717, 1.165) is 37.1 Å². The van der Waals surface area contributed by atoms with Gasteiger partial charge in [-0.15, -0.1) is 0 Å². The van der Waals surface area contributed by atoms with E-state index in [-0.39, 0.29) is 17.9 Å². The molecule has 0 atom stereocenters. The molecule has 2 aromatic rings. The summed E-state index contributed by atoms with van der Waals surface area (Å²) >= 11 is 0. The predicted octanol–water partition coefficient (Wildman–Crippen LogP) is 3.30. The number of carbonyl (C=O) groups is 1. The van der Waals surface area contributed by atoms with Crippen LogP contribution in [0.3, 0.4) is 0 Å². The number of nitrogens with two attached hydrogens (primary N) is 1. The standard InChI is InChI=1S/C20H27FN6O/c1-13-12-23-20(25-18(13)26(2)3)24-15-6-10-17(11-7-15)27(19(22)28)16-8-4-14(21)5-9-16/h4-5,8-9,12,15,17H,6-7,10-11H2,1-3H3,(H2,22,28)(H,23,24,25)/t15-,17+. The largest absolute Gasteiger partial charge is 0.362 e. The molecule has 0 spiro atoms. The molecule has 1 aliphatic rings. The fourth-order valence-corrected chi connectivity index (χ4v) is 3.74. The van der Waals surface area contributed by atoms with Crippen LogP contribution in [0.4, 0.5) is 26.6 Å². The quantitative estimate of drug-likeness (QED) is 0.823. The lowest BCUT2D eigenvalue weighted by molar-refractivity contribution is 0.248. The van der Waals surface area contributed by atoms with Crippen LogP contribution in [0.25, 0.3) is 0 Å². The van der Waals surface area contributed by atoms with Gasteiger partial charge < -0.3 is 16.0 Å². The number of hydrogen-bond acceptors (Lipinski definition) is 5. The monoisotopic (exact) mass is 386 g/mol. The van der Waals surface area contributed by atoms with Crippen molar-refractivity contribution in [2.75, 3.05) is 29.2 Å². The number of nitrogens with zero attached hydrogens (tertiary/aromatic N) is 4. The molecule has 2 amide bonds. The highest BCUT2D eigenvalue weighted by Gasteiger charge is 2.29. The Balaban J connectivity index is 1.64. The van der Waals surface area contributed by atoms with Crippen molar-refractivity contribution in [1.29, 1.82) is 0 Å². The summed E-state index contributed by atoms with van der Waals surface area (Å²) in [5.41, 5.74) is 7.26. The first-order valence-electron chi connectivity index (χ1n) is 9.47. The summed E-state index contributed by atoms with van der Waals surface area (Å²) in [7, 11) is 3.91. The number of amides is 2. The first-order valence-corrected chi connectivity index (χ1v) is 9.47. The number of benzene rings is 1. The molecule has 1 aromatic heterocycles. The van der Waals surface area contributed by atoms with E-state index in [1.807, 2.05) is 32.1 Å². The number of urea groups is 1. The van der Waals surface area contributed by atoms with Gasteiger partial charge in [-0.1, -0.05) is 0 Å². The van der Waals surface area contributed by atoms with Gasteiger partial charge in [0.05, 0.1) is 0 Å². The summed E-state index contributed by atoms with van der Waals surface area (Å²) in [6.45, 7) is 1.98. The highest BCUT2D eigenvalue weighted by molar-refractivity contribution is 5.91. The van der Waals surface area contributed by atoms with Gasteiger partial charge in [-0.25, -0.2) is 14.2 Å². The summed E-state index contributed by atoms with van der Waals surface area (Å²) in [4.78, 5) is 24.5. The van der Waals surface area contributed by atoms with Crippen molar-refractivity contribution in [3.63, 3.8) is 0 Å². The van der Waals surface area contributed by atoms with Crippen molar-refractivity contribution in [1.82, 2.24) is 9.97 Å². The Morgan fingerprint density at radius 3 is 2.39 bits per heavy atom. The summed E-state index contributed by atoms with van der Waals surface area (Å²) in [5, 5.41) is 3.41. The van der Waals surface area contributed by atoms with Crippen LogP contribution in [0.5, 0.6) is 0 Å². The van der Waals surface area contributed by atoms with E-state index in [1.54, 1.807) is 17.0 Å². The van der Waals surface area contributed by atoms with Crippen LogP contribution in [0.15, 0.2) is 30.5 Å². The van der Waals surface area contributed by atoms with E-state index < -0.39 is 6.03 Å². The predicted molar refractivity (Wildman–Crippen MR) is 109 cm³/mol. The number of rotatable bonds is 5. The topological polar surface area (TPSA) is 87.4 Å². The maximum atomic E-state index is 13.2. The molecule has 0 saturated heterocycles. The second kappa shape index (κ2) is 8.41. The smallest absolute Gasteiger partial charge is 0.319 e. The van der Waals surface area contributed by atoms with Gasteiger partial charge in [0.1, 0.15) is 11.6 Å². The lowest BCUT2D eigenvalue weighted by Gasteiger charge is -2.36. The Kier molecular flexibility index (Phi) is 5.96. The molecule has 0 radical (unpaired) electrons. The molecule has 1 aromatic carbocycles. The molecule has 0 bridgehead atoms. The molecule has 3 N–H and O–H groups in total. The van der Waals surface area contributed by atoms with Crippen LogP contribution in [0.1, 0.15) is 31.2 Å². The Morgan fingerprint density at radius 1 is 1.18 bits per heavy atom. The Bertz CT molecular complexity index is 818.